The summed E-state index contributed by atoms with van der Waals surface area (Å²) in [4.78, 5) is 23.8. The normalized spacial score (nSPS) is 14.8. The molecule has 8 nitrogen and oxygen atoms in total. The molecule has 5 rings (SSSR count). The topological polar surface area (TPSA) is 84.7 Å². The Morgan fingerprint density at radius 1 is 1.03 bits per heavy atom. The Hall–Kier alpha value is -3.83. The third kappa shape index (κ3) is 5.00. The van der Waals surface area contributed by atoms with Crippen molar-refractivity contribution in [1.82, 2.24) is 24.5 Å². The van der Waals surface area contributed by atoms with Gasteiger partial charge >= 0.3 is 6.18 Å². The molecule has 1 N–H and O–H groups in total. The van der Waals surface area contributed by atoms with Gasteiger partial charge in [-0.25, -0.2) is 9.97 Å². The molecule has 0 radical (unpaired) electrons. The molecular formula is C24H21F3N6O2. The maximum absolute atomic E-state index is 13.5. The molecule has 0 bridgehead atoms. The molecule has 1 aromatic carbocycles. The Bertz CT molecular complexity index is 1360. The number of nitrogens with zero attached hydrogens (tertiary/aromatic N) is 5. The molecule has 1 aliphatic rings. The largest absolute Gasteiger partial charge is 0.417 e. The van der Waals surface area contributed by atoms with Gasteiger partial charge in [0, 0.05) is 25.2 Å². The zero-order chi connectivity index (χ0) is 24.4. The minimum absolute atomic E-state index is 0.0645. The van der Waals surface area contributed by atoms with E-state index in [0.717, 1.165) is 24.8 Å². The third-order valence-electron chi connectivity index (χ3n) is 5.64. The highest BCUT2D eigenvalue weighted by Crippen LogP contribution is 2.36. The zero-order valence-electron chi connectivity index (χ0n) is 18.5. The first-order valence-corrected chi connectivity index (χ1v) is 11.0. The van der Waals surface area contributed by atoms with Gasteiger partial charge in [-0.2, -0.15) is 22.8 Å². The van der Waals surface area contributed by atoms with Crippen molar-refractivity contribution in [2.45, 2.75) is 12.7 Å². The van der Waals surface area contributed by atoms with Gasteiger partial charge in [-0.3, -0.25) is 9.69 Å². The average molecular weight is 482 g/mol. The van der Waals surface area contributed by atoms with Crippen LogP contribution in [0, 0.1) is 0 Å². The maximum Gasteiger partial charge on any atom is 0.417 e. The smallest absolute Gasteiger partial charge is 0.379 e. The van der Waals surface area contributed by atoms with Crippen LogP contribution >= 0.6 is 0 Å². The fourth-order valence-corrected chi connectivity index (χ4v) is 3.92. The van der Waals surface area contributed by atoms with Crippen LogP contribution in [-0.2, 0) is 17.5 Å². The minimum atomic E-state index is -4.53. The fraction of sp³-hybridized carbons (Fsp3) is 0.250. The van der Waals surface area contributed by atoms with Crippen LogP contribution in [0.1, 0.15) is 21.7 Å². The molecule has 0 spiro atoms. The van der Waals surface area contributed by atoms with Crippen LogP contribution in [0.3, 0.4) is 0 Å². The minimum Gasteiger partial charge on any atom is -0.379 e. The first-order chi connectivity index (χ1) is 16.9. The second-order valence-corrected chi connectivity index (χ2v) is 8.03. The summed E-state index contributed by atoms with van der Waals surface area (Å²) in [5.74, 6) is -0.254. The first-order valence-electron chi connectivity index (χ1n) is 11.0. The number of carbonyl (C=O) groups is 1. The quantitative estimate of drug-likeness (QED) is 0.465. The lowest BCUT2D eigenvalue weighted by Gasteiger charge is -2.26. The fourth-order valence-electron chi connectivity index (χ4n) is 3.92. The molecule has 4 heterocycles. The number of hydrogen-bond donors (Lipinski definition) is 1. The predicted octanol–water partition coefficient (Wildman–Crippen LogP) is 3.89. The summed E-state index contributed by atoms with van der Waals surface area (Å²) in [5, 5.41) is 7.04. The lowest BCUT2D eigenvalue weighted by atomic mass is 10.0. The van der Waals surface area contributed by atoms with Crippen LogP contribution in [0.25, 0.3) is 16.9 Å². The van der Waals surface area contributed by atoms with E-state index in [-0.39, 0.29) is 22.8 Å². The first kappa shape index (κ1) is 22.9. The Morgan fingerprint density at radius 3 is 2.63 bits per heavy atom. The number of carbonyl (C=O) groups excluding carboxylic acids is 1. The van der Waals surface area contributed by atoms with E-state index in [1.54, 1.807) is 18.2 Å². The molecule has 0 atom stereocenters. The molecule has 1 fully saturated rings. The average Bonchev–Trinajstić information content (AvgIpc) is 3.26. The maximum atomic E-state index is 13.5. The van der Waals surface area contributed by atoms with Crippen LogP contribution in [0.2, 0.25) is 0 Å². The van der Waals surface area contributed by atoms with Gasteiger partial charge in [0.1, 0.15) is 5.69 Å². The molecule has 0 unspecified atom stereocenters. The van der Waals surface area contributed by atoms with Crippen molar-refractivity contribution in [3.05, 3.63) is 77.7 Å². The summed E-state index contributed by atoms with van der Waals surface area (Å²) in [5.41, 5.74) is 0.586. The molecule has 4 aromatic rings. The van der Waals surface area contributed by atoms with E-state index in [4.69, 9.17) is 4.74 Å². The SMILES string of the molecule is O=C(Nc1cnc2ccc(-c3ccccc3C(F)(F)F)nn12)c1cccc(CN2CCOCC2)n1. The Morgan fingerprint density at radius 2 is 1.83 bits per heavy atom. The van der Waals surface area contributed by atoms with E-state index < -0.39 is 17.6 Å². The van der Waals surface area contributed by atoms with Gasteiger partial charge < -0.3 is 10.1 Å². The van der Waals surface area contributed by atoms with Gasteiger partial charge in [-0.1, -0.05) is 24.3 Å². The van der Waals surface area contributed by atoms with E-state index in [1.807, 2.05) is 6.07 Å². The highest BCUT2D eigenvalue weighted by Gasteiger charge is 2.33. The third-order valence-corrected chi connectivity index (χ3v) is 5.64. The van der Waals surface area contributed by atoms with Crippen molar-refractivity contribution in [1.29, 1.82) is 0 Å². The Kier molecular flexibility index (Phi) is 6.18. The van der Waals surface area contributed by atoms with Crippen molar-refractivity contribution >= 4 is 17.4 Å². The number of imidazole rings is 1. The highest BCUT2D eigenvalue weighted by molar-refractivity contribution is 6.02. The summed E-state index contributed by atoms with van der Waals surface area (Å²) in [7, 11) is 0. The number of ether oxygens (including phenoxy) is 1. The number of rotatable bonds is 5. The summed E-state index contributed by atoms with van der Waals surface area (Å²) in [6.07, 6.45) is -3.13. The predicted molar refractivity (Wildman–Crippen MR) is 122 cm³/mol. The number of hydrogen-bond acceptors (Lipinski definition) is 6. The van der Waals surface area contributed by atoms with Crippen molar-refractivity contribution in [3.63, 3.8) is 0 Å². The summed E-state index contributed by atoms with van der Waals surface area (Å²) >= 11 is 0. The van der Waals surface area contributed by atoms with Gasteiger partial charge in [0.2, 0.25) is 0 Å². The standard InChI is InChI=1S/C24H21F3N6O2/c25-24(26,27)18-6-2-1-5-17(18)19-8-9-21-28-14-22(33(21)31-19)30-23(34)20-7-3-4-16(29-20)15-32-10-12-35-13-11-32/h1-9,14H,10-13,15H2,(H,30,34). The summed E-state index contributed by atoms with van der Waals surface area (Å²) < 4.78 is 47.1. The second kappa shape index (κ2) is 9.43. The molecule has 11 heteroatoms. The van der Waals surface area contributed by atoms with Crippen LogP contribution < -0.4 is 5.32 Å². The summed E-state index contributed by atoms with van der Waals surface area (Å²) in [6.45, 7) is 3.52. The molecule has 1 aliphatic heterocycles. The molecule has 1 amide bonds. The van der Waals surface area contributed by atoms with Gasteiger partial charge in [0.15, 0.2) is 11.5 Å². The van der Waals surface area contributed by atoms with E-state index in [9.17, 15) is 18.0 Å². The van der Waals surface area contributed by atoms with Gasteiger partial charge in [-0.05, 0) is 30.3 Å². The molecular weight excluding hydrogens is 461 g/mol. The number of aromatic nitrogens is 4. The van der Waals surface area contributed by atoms with Crippen LogP contribution in [0.4, 0.5) is 19.0 Å². The lowest BCUT2D eigenvalue weighted by molar-refractivity contribution is -0.137. The second-order valence-electron chi connectivity index (χ2n) is 8.03. The van der Waals surface area contributed by atoms with Crippen molar-refractivity contribution in [3.8, 4) is 11.3 Å². The molecule has 180 valence electrons. The van der Waals surface area contributed by atoms with Crippen LogP contribution in [0.15, 0.2) is 60.8 Å². The Labute approximate surface area is 198 Å². The number of pyridine rings is 1. The molecule has 35 heavy (non-hydrogen) atoms. The number of anilines is 1. The molecule has 0 saturated carbocycles. The van der Waals surface area contributed by atoms with E-state index >= 15 is 0 Å². The zero-order valence-corrected chi connectivity index (χ0v) is 18.5. The van der Waals surface area contributed by atoms with Crippen LogP contribution in [0.5, 0.6) is 0 Å². The lowest BCUT2D eigenvalue weighted by Crippen LogP contribution is -2.36. The van der Waals surface area contributed by atoms with Gasteiger partial charge in [-0.15, -0.1) is 0 Å². The number of benzene rings is 1. The molecule has 3 aromatic heterocycles. The van der Waals surface area contributed by atoms with Crippen molar-refractivity contribution < 1.29 is 22.7 Å². The Balaban J connectivity index is 1.40. The number of nitrogens with one attached hydrogen (secondary N) is 1. The molecule has 0 aliphatic carbocycles. The summed E-state index contributed by atoms with van der Waals surface area (Å²) in [6, 6.07) is 13.4. The van der Waals surface area contributed by atoms with Crippen molar-refractivity contribution in [2.75, 3.05) is 31.6 Å². The van der Waals surface area contributed by atoms with E-state index in [1.165, 1.54) is 35.0 Å². The van der Waals surface area contributed by atoms with Gasteiger partial charge in [0.25, 0.3) is 5.91 Å². The number of alkyl halides is 3. The van der Waals surface area contributed by atoms with Crippen LogP contribution in [-0.4, -0.2) is 56.7 Å². The van der Waals surface area contributed by atoms with E-state index in [2.05, 4.69) is 25.3 Å². The monoisotopic (exact) mass is 482 g/mol. The number of morpholine rings is 1. The van der Waals surface area contributed by atoms with E-state index in [0.29, 0.717) is 25.4 Å². The number of fused-ring (bicyclic) bond motifs is 1. The molecule has 1 saturated heterocycles. The highest BCUT2D eigenvalue weighted by atomic mass is 19.4. The number of halogens is 3. The van der Waals surface area contributed by atoms with Crippen molar-refractivity contribution in [2.24, 2.45) is 0 Å². The number of amides is 1. The van der Waals surface area contributed by atoms with Gasteiger partial charge in [0.05, 0.1) is 36.4 Å².